The number of nitrogens with zero attached hydrogens (tertiary/aromatic N) is 4. The molecule has 2 atom stereocenters. The molecule has 16 heteroatoms. The lowest BCUT2D eigenvalue weighted by Gasteiger charge is -2.17. The van der Waals surface area contributed by atoms with Crippen LogP contribution in [0.25, 0.3) is 39.2 Å². The average molecular weight is 869 g/mol. The number of sulfone groups is 2. The van der Waals surface area contributed by atoms with E-state index >= 15 is 0 Å². The molecule has 0 bridgehead atoms. The number of carboxylic acid groups (broad SMARTS) is 1. The highest BCUT2D eigenvalue weighted by atomic mass is 32.2. The van der Waals surface area contributed by atoms with Crippen molar-refractivity contribution < 1.29 is 46.5 Å². The van der Waals surface area contributed by atoms with Crippen molar-refractivity contribution in [2.24, 2.45) is 0 Å². The number of carbonyl (C=O) groups is 2. The lowest BCUT2D eigenvalue weighted by Crippen LogP contribution is -2.20. The monoisotopic (exact) mass is 868 g/mol. The number of carbonyl (C=O) groups excluding carboxylic acids is 1. The molecule has 320 valence electrons. The summed E-state index contributed by atoms with van der Waals surface area (Å²) >= 11 is 0. The summed E-state index contributed by atoms with van der Waals surface area (Å²) in [6.07, 6.45) is 3.50. The number of aliphatic hydroxyl groups excluding tert-OH is 1. The Balaban J connectivity index is 1.16. The molecule has 0 aliphatic rings. The van der Waals surface area contributed by atoms with E-state index in [-0.39, 0.29) is 22.1 Å². The van der Waals surface area contributed by atoms with E-state index in [1.165, 1.54) is 10.7 Å². The molecule has 3 N–H and O–H groups in total. The summed E-state index contributed by atoms with van der Waals surface area (Å²) in [6.45, 7) is 6.05. The molecule has 61 heavy (non-hydrogen) atoms. The number of benzene rings is 4. The number of hydrogen-bond acceptors (Lipinski definition) is 11. The summed E-state index contributed by atoms with van der Waals surface area (Å²) in [5.74, 6) is -1.54. The maximum absolute atomic E-state index is 13.4. The van der Waals surface area contributed by atoms with E-state index in [0.29, 0.717) is 51.7 Å². The fraction of sp³-hybridized carbons (Fsp3) is 0.289. The zero-order valence-electron chi connectivity index (χ0n) is 34.6. The Labute approximate surface area is 355 Å². The fourth-order valence-corrected chi connectivity index (χ4v) is 8.66. The van der Waals surface area contributed by atoms with Crippen LogP contribution in [0.3, 0.4) is 0 Å². The molecule has 0 aliphatic heterocycles. The van der Waals surface area contributed by atoms with Crippen molar-refractivity contribution >= 4 is 31.6 Å². The Morgan fingerprint density at radius 2 is 1.41 bits per heavy atom. The standard InChI is InChI=1S/C45H48N4O10S2/c1-28(38-23-39(49(47-38)26-43(51)52)32-12-10-30(11-13-32)34-14-15-35(27-50)40(22-34)61(6,57)58)20-29(2)59-44(53)24-42-46-41(45(3,4)54)25-48(42)36-18-16-31(17-19-36)33-8-7-9-37(21-33)60(5,55)56/h7-19,21-23,25,28-29,50,54H,20,24,26-27H2,1-6H3,(H,51,52). The van der Waals surface area contributed by atoms with Gasteiger partial charge in [0.15, 0.2) is 19.7 Å². The van der Waals surface area contributed by atoms with Crippen molar-refractivity contribution in [1.29, 1.82) is 0 Å². The molecule has 6 rings (SSSR count). The van der Waals surface area contributed by atoms with Gasteiger partial charge in [0, 0.05) is 30.3 Å². The van der Waals surface area contributed by atoms with Crippen LogP contribution in [-0.2, 0) is 59.2 Å². The molecule has 2 unspecified atom stereocenters. The van der Waals surface area contributed by atoms with Crippen LogP contribution in [0.5, 0.6) is 0 Å². The van der Waals surface area contributed by atoms with E-state index in [1.54, 1.807) is 92.2 Å². The predicted molar refractivity (Wildman–Crippen MR) is 229 cm³/mol. The number of hydrogen-bond donors (Lipinski definition) is 3. The number of aliphatic carboxylic acids is 1. The zero-order valence-corrected chi connectivity index (χ0v) is 36.2. The third kappa shape index (κ3) is 10.7. The van der Waals surface area contributed by atoms with Gasteiger partial charge in [-0.3, -0.25) is 14.3 Å². The normalized spacial score (nSPS) is 13.2. The minimum absolute atomic E-state index is 0.0428. The molecule has 0 fully saturated rings. The van der Waals surface area contributed by atoms with Gasteiger partial charge >= 0.3 is 11.9 Å². The number of imidazole rings is 1. The van der Waals surface area contributed by atoms with Crippen molar-refractivity contribution in [3.8, 4) is 39.2 Å². The van der Waals surface area contributed by atoms with Gasteiger partial charge in [-0.15, -0.1) is 0 Å². The second kappa shape index (κ2) is 17.6. The van der Waals surface area contributed by atoms with Gasteiger partial charge in [0.1, 0.15) is 24.4 Å². The van der Waals surface area contributed by atoms with Gasteiger partial charge in [0.05, 0.1) is 39.6 Å². The molecular weight excluding hydrogens is 821 g/mol. The summed E-state index contributed by atoms with van der Waals surface area (Å²) < 4.78 is 57.9. The average Bonchev–Trinajstić information content (AvgIpc) is 3.82. The molecule has 14 nitrogen and oxygen atoms in total. The van der Waals surface area contributed by atoms with E-state index in [1.807, 2.05) is 37.3 Å². The summed E-state index contributed by atoms with van der Waals surface area (Å²) in [5.41, 5.74) is 4.70. The Bertz CT molecular complexity index is 2800. The SMILES string of the molecule is CC(CC(C)c1cc(-c2ccc(-c3ccc(CO)c(S(C)(=O)=O)c3)cc2)n(CC(=O)O)n1)OC(=O)Cc1nc(C(C)(C)O)cn1-c1ccc(-c2cccc(S(C)(=O)=O)c2)cc1. The Morgan fingerprint density at radius 3 is 2.00 bits per heavy atom. The number of esters is 1. The highest BCUT2D eigenvalue weighted by molar-refractivity contribution is 7.91. The lowest BCUT2D eigenvalue weighted by atomic mass is 9.99. The zero-order chi connectivity index (χ0) is 44.4. The molecule has 6 aromatic rings. The third-order valence-corrected chi connectivity index (χ3v) is 12.5. The maximum atomic E-state index is 13.4. The van der Waals surface area contributed by atoms with Crippen LogP contribution in [0, 0.1) is 0 Å². The Morgan fingerprint density at radius 1 is 0.803 bits per heavy atom. The van der Waals surface area contributed by atoms with Crippen LogP contribution in [0.1, 0.15) is 62.8 Å². The second-order valence-corrected chi connectivity index (χ2v) is 19.8. The number of ether oxygens (including phenoxy) is 1. The molecule has 0 radical (unpaired) electrons. The molecule has 0 spiro atoms. The van der Waals surface area contributed by atoms with E-state index in [4.69, 9.17) is 4.74 Å². The van der Waals surface area contributed by atoms with Crippen molar-refractivity contribution in [3.05, 3.63) is 126 Å². The first kappa shape index (κ1) is 44.6. The molecule has 2 aromatic heterocycles. The van der Waals surface area contributed by atoms with E-state index in [9.17, 15) is 41.7 Å². The summed E-state index contributed by atoms with van der Waals surface area (Å²) in [6, 6.07) is 27.8. The topological polar surface area (TPSA) is 208 Å². The van der Waals surface area contributed by atoms with Gasteiger partial charge in [-0.05, 0) is 97.0 Å². The minimum atomic E-state index is -3.59. The Hall–Kier alpha value is -5.94. The van der Waals surface area contributed by atoms with Crippen LogP contribution in [-0.4, -0.2) is 82.0 Å². The molecule has 2 heterocycles. The smallest absolute Gasteiger partial charge is 0.325 e. The summed E-state index contributed by atoms with van der Waals surface area (Å²) in [4.78, 5) is 30.1. The van der Waals surface area contributed by atoms with E-state index < -0.39 is 56.5 Å². The summed E-state index contributed by atoms with van der Waals surface area (Å²) in [7, 11) is -6.98. The molecule has 0 aliphatic carbocycles. The fourth-order valence-electron chi connectivity index (χ4n) is 7.05. The molecule has 4 aromatic carbocycles. The lowest BCUT2D eigenvalue weighted by molar-refractivity contribution is -0.148. The number of carboxylic acids is 1. The Kier molecular flexibility index (Phi) is 12.9. The van der Waals surface area contributed by atoms with Gasteiger partial charge < -0.3 is 24.6 Å². The third-order valence-electron chi connectivity index (χ3n) is 10.2. The molecule has 0 saturated heterocycles. The van der Waals surface area contributed by atoms with Gasteiger partial charge in [-0.2, -0.15) is 5.10 Å². The molecule has 0 amide bonds. The molecule has 0 saturated carbocycles. The van der Waals surface area contributed by atoms with Crippen molar-refractivity contribution in [1.82, 2.24) is 19.3 Å². The van der Waals surface area contributed by atoms with Crippen LogP contribution in [0.2, 0.25) is 0 Å². The predicted octanol–water partition coefficient (Wildman–Crippen LogP) is 6.35. The highest BCUT2D eigenvalue weighted by Crippen LogP contribution is 2.32. The minimum Gasteiger partial charge on any atom is -0.480 e. The van der Waals surface area contributed by atoms with Crippen molar-refractivity contribution in [2.45, 2.75) is 81.1 Å². The first-order chi connectivity index (χ1) is 28.6. The van der Waals surface area contributed by atoms with Crippen LogP contribution < -0.4 is 0 Å². The largest absolute Gasteiger partial charge is 0.480 e. The van der Waals surface area contributed by atoms with Crippen LogP contribution in [0.4, 0.5) is 0 Å². The van der Waals surface area contributed by atoms with Crippen molar-refractivity contribution in [2.75, 3.05) is 12.5 Å². The van der Waals surface area contributed by atoms with Gasteiger partial charge in [-0.1, -0.05) is 67.6 Å². The van der Waals surface area contributed by atoms with Gasteiger partial charge in [0.25, 0.3) is 0 Å². The second-order valence-electron chi connectivity index (χ2n) is 15.8. The number of aromatic nitrogens is 4. The quantitative estimate of drug-likeness (QED) is 0.0910. The first-order valence-electron chi connectivity index (χ1n) is 19.4. The van der Waals surface area contributed by atoms with E-state index in [0.717, 1.165) is 29.2 Å². The van der Waals surface area contributed by atoms with Gasteiger partial charge in [0.2, 0.25) is 0 Å². The summed E-state index contributed by atoms with van der Waals surface area (Å²) in [5, 5.41) is 34.7. The highest BCUT2D eigenvalue weighted by Gasteiger charge is 2.26. The molecular formula is C45H48N4O10S2. The number of aliphatic hydroxyl groups is 2. The number of rotatable bonds is 16. The van der Waals surface area contributed by atoms with E-state index in [2.05, 4.69) is 10.1 Å². The van der Waals surface area contributed by atoms with Crippen LogP contribution in [0.15, 0.2) is 113 Å². The maximum Gasteiger partial charge on any atom is 0.325 e. The van der Waals surface area contributed by atoms with Gasteiger partial charge in [-0.25, -0.2) is 21.8 Å². The van der Waals surface area contributed by atoms with Crippen LogP contribution >= 0.6 is 0 Å². The van der Waals surface area contributed by atoms with Crippen molar-refractivity contribution in [3.63, 3.8) is 0 Å². The first-order valence-corrected chi connectivity index (χ1v) is 23.1.